The van der Waals surface area contributed by atoms with E-state index in [1.54, 1.807) is 11.9 Å². The number of nitrogens with two attached hydrogens (primary N) is 1. The first-order valence-corrected chi connectivity index (χ1v) is 5.66. The van der Waals surface area contributed by atoms with Gasteiger partial charge in [0.2, 0.25) is 5.91 Å². The fourth-order valence-corrected chi connectivity index (χ4v) is 1.59. The number of carbonyl (C=O) groups is 2. The Morgan fingerprint density at radius 3 is 2.68 bits per heavy atom. The van der Waals surface area contributed by atoms with Gasteiger partial charge in [-0.25, -0.2) is 10.2 Å². The van der Waals surface area contributed by atoms with Crippen molar-refractivity contribution < 1.29 is 14.0 Å². The highest BCUT2D eigenvalue weighted by molar-refractivity contribution is 5.93. The molecule has 0 aliphatic heterocycles. The molecule has 7 heteroatoms. The average molecular weight is 268 g/mol. The van der Waals surface area contributed by atoms with E-state index in [9.17, 15) is 14.0 Å². The van der Waals surface area contributed by atoms with Gasteiger partial charge in [0.15, 0.2) is 0 Å². The van der Waals surface area contributed by atoms with Gasteiger partial charge in [-0.15, -0.1) is 0 Å². The Kier molecular flexibility index (Phi) is 5.40. The van der Waals surface area contributed by atoms with Crippen molar-refractivity contribution in [3.05, 3.63) is 35.1 Å². The van der Waals surface area contributed by atoms with Crippen molar-refractivity contribution in [3.8, 4) is 0 Å². The third-order valence-electron chi connectivity index (χ3n) is 2.57. The number of benzene rings is 1. The normalized spacial score (nSPS) is 10.4. The van der Waals surface area contributed by atoms with E-state index in [1.807, 2.05) is 5.43 Å². The summed E-state index contributed by atoms with van der Waals surface area (Å²) in [5.74, 6) is 3.93. The molecule has 0 aromatic heterocycles. The Hall–Kier alpha value is -1.99. The van der Waals surface area contributed by atoms with Gasteiger partial charge in [0.05, 0.1) is 6.54 Å². The maximum absolute atomic E-state index is 13.6. The van der Waals surface area contributed by atoms with E-state index < -0.39 is 11.7 Å². The SMILES string of the molecule is CNC(=O)CN(C)Cc1cc(C(=O)NN)ccc1F. The van der Waals surface area contributed by atoms with Gasteiger partial charge < -0.3 is 5.32 Å². The molecule has 104 valence electrons. The van der Waals surface area contributed by atoms with E-state index in [2.05, 4.69) is 5.32 Å². The minimum Gasteiger partial charge on any atom is -0.358 e. The molecule has 0 fully saturated rings. The van der Waals surface area contributed by atoms with Crippen LogP contribution in [0.25, 0.3) is 0 Å². The minimum absolute atomic E-state index is 0.142. The lowest BCUT2D eigenvalue weighted by atomic mass is 10.1. The monoisotopic (exact) mass is 268 g/mol. The largest absolute Gasteiger partial charge is 0.358 e. The zero-order valence-electron chi connectivity index (χ0n) is 10.9. The summed E-state index contributed by atoms with van der Waals surface area (Å²) in [6, 6.07) is 3.96. The molecule has 0 aliphatic rings. The van der Waals surface area contributed by atoms with Crippen LogP contribution < -0.4 is 16.6 Å². The predicted octanol–water partition coefficient (Wildman–Crippen LogP) is -0.393. The number of nitrogens with one attached hydrogen (secondary N) is 2. The molecule has 0 radical (unpaired) electrons. The topological polar surface area (TPSA) is 87.5 Å². The van der Waals surface area contributed by atoms with Crippen LogP contribution in [0.15, 0.2) is 18.2 Å². The van der Waals surface area contributed by atoms with Crippen molar-refractivity contribution >= 4 is 11.8 Å². The number of amides is 2. The van der Waals surface area contributed by atoms with Gasteiger partial charge in [0, 0.05) is 24.7 Å². The highest BCUT2D eigenvalue weighted by Crippen LogP contribution is 2.12. The Morgan fingerprint density at radius 2 is 2.11 bits per heavy atom. The Labute approximate surface area is 110 Å². The number of hydrazine groups is 1. The molecule has 0 saturated carbocycles. The molecule has 2 amide bonds. The molecular formula is C12H17FN4O2. The predicted molar refractivity (Wildman–Crippen MR) is 68.5 cm³/mol. The first-order valence-electron chi connectivity index (χ1n) is 5.66. The zero-order valence-corrected chi connectivity index (χ0v) is 10.9. The number of hydrogen-bond acceptors (Lipinski definition) is 4. The van der Waals surface area contributed by atoms with Gasteiger partial charge in [-0.3, -0.25) is 19.9 Å². The molecule has 0 spiro atoms. The summed E-state index contributed by atoms with van der Waals surface area (Å²) in [6.45, 7) is 0.355. The van der Waals surface area contributed by atoms with Gasteiger partial charge >= 0.3 is 0 Å². The standard InChI is InChI=1S/C12H17FN4O2/c1-15-11(18)7-17(2)6-9-5-8(12(19)16-14)3-4-10(9)13/h3-5H,6-7,14H2,1-2H3,(H,15,18)(H,16,19). The van der Waals surface area contributed by atoms with E-state index in [0.29, 0.717) is 5.56 Å². The molecule has 19 heavy (non-hydrogen) atoms. The molecule has 1 rings (SSSR count). The third kappa shape index (κ3) is 4.31. The highest BCUT2D eigenvalue weighted by Gasteiger charge is 2.12. The number of carbonyl (C=O) groups excluding carboxylic acids is 2. The first kappa shape index (κ1) is 15.1. The van der Waals surface area contributed by atoms with Crippen molar-refractivity contribution in [1.82, 2.24) is 15.6 Å². The average Bonchev–Trinajstić information content (AvgIpc) is 2.40. The van der Waals surface area contributed by atoms with Crippen LogP contribution in [0.3, 0.4) is 0 Å². The maximum Gasteiger partial charge on any atom is 0.265 e. The summed E-state index contributed by atoms with van der Waals surface area (Å²) in [5.41, 5.74) is 2.58. The molecule has 0 unspecified atom stereocenters. The van der Waals surface area contributed by atoms with Crippen LogP contribution in [0.5, 0.6) is 0 Å². The van der Waals surface area contributed by atoms with Crippen LogP contribution in [-0.2, 0) is 11.3 Å². The highest BCUT2D eigenvalue weighted by atomic mass is 19.1. The van der Waals surface area contributed by atoms with Crippen molar-refractivity contribution in [2.45, 2.75) is 6.54 Å². The lowest BCUT2D eigenvalue weighted by molar-refractivity contribution is -0.121. The summed E-state index contributed by atoms with van der Waals surface area (Å²) in [4.78, 5) is 24.2. The van der Waals surface area contributed by atoms with Crippen LogP contribution in [0.4, 0.5) is 4.39 Å². The van der Waals surface area contributed by atoms with Crippen LogP contribution in [0.2, 0.25) is 0 Å². The summed E-state index contributed by atoms with van der Waals surface area (Å²) < 4.78 is 13.6. The number of nitrogens with zero attached hydrogens (tertiary/aromatic N) is 1. The number of rotatable bonds is 5. The fraction of sp³-hybridized carbons (Fsp3) is 0.333. The second kappa shape index (κ2) is 6.81. The number of halogens is 1. The van der Waals surface area contributed by atoms with Gasteiger partial charge in [0.25, 0.3) is 5.91 Å². The molecular weight excluding hydrogens is 251 g/mol. The Balaban J connectivity index is 2.82. The molecule has 0 bridgehead atoms. The van der Waals surface area contributed by atoms with Gasteiger partial charge in [0.1, 0.15) is 5.82 Å². The Bertz CT molecular complexity index is 479. The fourth-order valence-electron chi connectivity index (χ4n) is 1.59. The first-order chi connectivity index (χ1) is 8.97. The molecule has 1 aromatic rings. The molecule has 0 atom stereocenters. The van der Waals surface area contributed by atoms with Gasteiger partial charge in [-0.2, -0.15) is 0 Å². The number of likely N-dealkylation sites (N-methyl/N-ethyl adjacent to an activating group) is 2. The minimum atomic E-state index is -0.491. The summed E-state index contributed by atoms with van der Waals surface area (Å²) in [6.07, 6.45) is 0. The second-order valence-corrected chi connectivity index (χ2v) is 4.13. The van der Waals surface area contributed by atoms with E-state index >= 15 is 0 Å². The van der Waals surface area contributed by atoms with E-state index in [0.717, 1.165) is 0 Å². The lowest BCUT2D eigenvalue weighted by Gasteiger charge is -2.16. The van der Waals surface area contributed by atoms with E-state index in [4.69, 9.17) is 5.84 Å². The molecule has 6 nitrogen and oxygen atoms in total. The van der Waals surface area contributed by atoms with Crippen LogP contribution in [0.1, 0.15) is 15.9 Å². The summed E-state index contributed by atoms with van der Waals surface area (Å²) >= 11 is 0. The molecule has 1 aromatic carbocycles. The molecule has 0 heterocycles. The second-order valence-electron chi connectivity index (χ2n) is 4.13. The molecule has 0 aliphatic carbocycles. The van der Waals surface area contributed by atoms with E-state index in [-0.39, 0.29) is 24.6 Å². The maximum atomic E-state index is 13.6. The van der Waals surface area contributed by atoms with Crippen molar-refractivity contribution in [3.63, 3.8) is 0 Å². The summed E-state index contributed by atoms with van der Waals surface area (Å²) in [7, 11) is 3.22. The Morgan fingerprint density at radius 1 is 1.42 bits per heavy atom. The van der Waals surface area contributed by atoms with E-state index in [1.165, 1.54) is 25.2 Å². The smallest absolute Gasteiger partial charge is 0.265 e. The van der Waals surface area contributed by atoms with Gasteiger partial charge in [-0.1, -0.05) is 0 Å². The van der Waals surface area contributed by atoms with Crippen molar-refractivity contribution in [1.29, 1.82) is 0 Å². The molecule has 4 N–H and O–H groups in total. The zero-order chi connectivity index (χ0) is 14.4. The quantitative estimate of drug-likeness (QED) is 0.385. The van der Waals surface area contributed by atoms with Crippen molar-refractivity contribution in [2.24, 2.45) is 5.84 Å². The van der Waals surface area contributed by atoms with Gasteiger partial charge in [-0.05, 0) is 25.2 Å². The number of nitrogen functional groups attached to an aromatic ring is 1. The van der Waals surface area contributed by atoms with Crippen molar-refractivity contribution in [2.75, 3.05) is 20.6 Å². The van der Waals surface area contributed by atoms with Crippen LogP contribution >= 0.6 is 0 Å². The molecule has 0 saturated heterocycles. The lowest BCUT2D eigenvalue weighted by Crippen LogP contribution is -2.33. The number of hydrogen-bond donors (Lipinski definition) is 3. The summed E-state index contributed by atoms with van der Waals surface area (Å²) in [5, 5.41) is 2.48. The van der Waals surface area contributed by atoms with Crippen LogP contribution in [-0.4, -0.2) is 37.4 Å². The third-order valence-corrected chi connectivity index (χ3v) is 2.57. The van der Waals surface area contributed by atoms with Crippen LogP contribution in [0, 0.1) is 5.82 Å².